The molecule has 9 heteroatoms. The zero-order chi connectivity index (χ0) is 22.2. The summed E-state index contributed by atoms with van der Waals surface area (Å²) in [5.41, 5.74) is 2.36. The largest absolute Gasteiger partial charge is 0.465 e. The van der Waals surface area contributed by atoms with Crippen molar-refractivity contribution in [1.82, 2.24) is 25.1 Å². The monoisotopic (exact) mass is 427 g/mol. The predicted octanol–water partition coefficient (Wildman–Crippen LogP) is 2.20. The highest BCUT2D eigenvalue weighted by Crippen LogP contribution is 2.21. The minimum absolute atomic E-state index is 0.0948. The van der Waals surface area contributed by atoms with Crippen LogP contribution in [0.5, 0.6) is 6.01 Å². The number of hydrogen-bond acceptors (Lipinski definition) is 6. The number of carbonyl (C=O) groups is 2. The number of piperidine rings is 1. The van der Waals surface area contributed by atoms with Crippen LogP contribution in [0.3, 0.4) is 0 Å². The molecule has 1 aromatic carbocycles. The van der Waals surface area contributed by atoms with Gasteiger partial charge in [-0.2, -0.15) is 0 Å². The third kappa shape index (κ3) is 6.65. The number of ether oxygens (including phenoxy) is 1. The Morgan fingerprint density at radius 2 is 1.77 bits per heavy atom. The van der Waals surface area contributed by atoms with Gasteiger partial charge in [0, 0.05) is 49.7 Å². The maximum absolute atomic E-state index is 12.2. The van der Waals surface area contributed by atoms with Crippen LogP contribution in [-0.2, 0) is 0 Å². The van der Waals surface area contributed by atoms with E-state index in [0.29, 0.717) is 43.7 Å². The number of nitrogens with zero attached hydrogens (tertiary/aromatic N) is 4. The Balaban J connectivity index is 1.48. The first-order valence-corrected chi connectivity index (χ1v) is 10.4. The van der Waals surface area contributed by atoms with Crippen molar-refractivity contribution < 1.29 is 19.4 Å². The van der Waals surface area contributed by atoms with Gasteiger partial charge in [-0.15, -0.1) is 0 Å². The summed E-state index contributed by atoms with van der Waals surface area (Å²) < 4.78 is 5.69. The number of carboxylic acid groups (broad SMARTS) is 1. The molecule has 1 fully saturated rings. The zero-order valence-electron chi connectivity index (χ0n) is 18.0. The van der Waals surface area contributed by atoms with Gasteiger partial charge in [-0.05, 0) is 50.6 Å². The molecule has 9 nitrogen and oxygen atoms in total. The van der Waals surface area contributed by atoms with Crippen LogP contribution in [0.2, 0.25) is 0 Å². The number of benzene rings is 1. The molecule has 0 unspecified atom stereocenters. The number of rotatable bonds is 8. The Morgan fingerprint density at radius 1 is 1.13 bits per heavy atom. The standard InChI is InChI=1S/C22H29N5O4/c1-26(2)12-9-23-20(28)18-5-3-17(4-6-18)19-13-24-21(25-14-19)31-15-16-7-10-27(11-8-16)22(29)30/h3-6,13-14,16H,7-12,15H2,1-2H3,(H,23,28)(H,29,30). The van der Waals surface area contributed by atoms with Gasteiger partial charge >= 0.3 is 12.1 Å². The highest BCUT2D eigenvalue weighted by molar-refractivity contribution is 5.94. The molecule has 1 saturated heterocycles. The molecule has 166 valence electrons. The second kappa shape index (κ2) is 10.7. The maximum Gasteiger partial charge on any atom is 0.407 e. The summed E-state index contributed by atoms with van der Waals surface area (Å²) in [5, 5.41) is 11.9. The topological polar surface area (TPSA) is 108 Å². The van der Waals surface area contributed by atoms with Crippen LogP contribution in [0.25, 0.3) is 11.1 Å². The van der Waals surface area contributed by atoms with Gasteiger partial charge < -0.3 is 25.0 Å². The molecule has 3 rings (SSSR count). The third-order valence-corrected chi connectivity index (χ3v) is 5.29. The molecule has 1 aliphatic rings. The Hall–Kier alpha value is -3.20. The Bertz CT molecular complexity index is 862. The number of likely N-dealkylation sites (N-methyl/N-ethyl adjacent to an activating group) is 1. The molecule has 1 aliphatic heterocycles. The van der Waals surface area contributed by atoms with Crippen LogP contribution < -0.4 is 10.1 Å². The lowest BCUT2D eigenvalue weighted by Gasteiger charge is -2.29. The van der Waals surface area contributed by atoms with Crippen molar-refractivity contribution in [3.63, 3.8) is 0 Å². The van der Waals surface area contributed by atoms with E-state index in [4.69, 9.17) is 9.84 Å². The quantitative estimate of drug-likeness (QED) is 0.665. The predicted molar refractivity (Wildman–Crippen MR) is 116 cm³/mol. The van der Waals surface area contributed by atoms with E-state index >= 15 is 0 Å². The van der Waals surface area contributed by atoms with Crippen LogP contribution >= 0.6 is 0 Å². The van der Waals surface area contributed by atoms with E-state index in [2.05, 4.69) is 15.3 Å². The van der Waals surface area contributed by atoms with Gasteiger partial charge in [0.1, 0.15) is 0 Å². The van der Waals surface area contributed by atoms with E-state index in [9.17, 15) is 9.59 Å². The van der Waals surface area contributed by atoms with Crippen LogP contribution in [0.1, 0.15) is 23.2 Å². The number of likely N-dealkylation sites (tertiary alicyclic amines) is 1. The van der Waals surface area contributed by atoms with Gasteiger partial charge in [0.25, 0.3) is 5.91 Å². The fourth-order valence-corrected chi connectivity index (χ4v) is 3.33. The number of hydrogen-bond donors (Lipinski definition) is 2. The lowest BCUT2D eigenvalue weighted by atomic mass is 9.98. The minimum atomic E-state index is -0.865. The molecular weight excluding hydrogens is 398 g/mol. The van der Waals surface area contributed by atoms with Crippen molar-refractivity contribution in [2.45, 2.75) is 12.8 Å². The molecule has 0 spiro atoms. The lowest BCUT2D eigenvalue weighted by molar-refractivity contribution is 0.0950. The fraction of sp³-hybridized carbons (Fsp3) is 0.455. The summed E-state index contributed by atoms with van der Waals surface area (Å²) in [6.07, 6.45) is 4.08. The van der Waals surface area contributed by atoms with Crippen molar-refractivity contribution in [2.24, 2.45) is 5.92 Å². The fourth-order valence-electron chi connectivity index (χ4n) is 3.33. The van der Waals surface area contributed by atoms with Crippen LogP contribution in [-0.4, -0.2) is 83.8 Å². The van der Waals surface area contributed by atoms with Crippen molar-refractivity contribution in [3.8, 4) is 17.1 Å². The van der Waals surface area contributed by atoms with E-state index < -0.39 is 6.09 Å². The Kier molecular flexibility index (Phi) is 7.77. The average Bonchev–Trinajstić information content (AvgIpc) is 2.78. The summed E-state index contributed by atoms with van der Waals surface area (Å²) >= 11 is 0. The first-order chi connectivity index (χ1) is 14.9. The first kappa shape index (κ1) is 22.5. The van der Waals surface area contributed by atoms with E-state index in [1.165, 1.54) is 4.90 Å². The van der Waals surface area contributed by atoms with Gasteiger partial charge in [0.05, 0.1) is 6.61 Å². The molecule has 2 N–H and O–H groups in total. The number of carbonyl (C=O) groups excluding carboxylic acids is 1. The summed E-state index contributed by atoms with van der Waals surface area (Å²) in [6.45, 7) is 2.93. The van der Waals surface area contributed by atoms with Crippen LogP contribution in [0, 0.1) is 5.92 Å². The second-order valence-corrected chi connectivity index (χ2v) is 7.91. The average molecular weight is 428 g/mol. The molecule has 0 atom stereocenters. The van der Waals surface area contributed by atoms with Gasteiger partial charge in [-0.25, -0.2) is 14.8 Å². The summed E-state index contributed by atoms with van der Waals surface area (Å²) in [4.78, 5) is 35.1. The smallest absolute Gasteiger partial charge is 0.407 e. The van der Waals surface area contributed by atoms with Crippen molar-refractivity contribution in [1.29, 1.82) is 0 Å². The molecule has 0 saturated carbocycles. The molecular formula is C22H29N5O4. The number of nitrogens with one attached hydrogen (secondary N) is 1. The second-order valence-electron chi connectivity index (χ2n) is 7.91. The summed E-state index contributed by atoms with van der Waals surface area (Å²) in [7, 11) is 3.92. The highest BCUT2D eigenvalue weighted by atomic mass is 16.5. The molecule has 1 aromatic heterocycles. The molecule has 0 radical (unpaired) electrons. The van der Waals surface area contributed by atoms with Gasteiger partial charge in [0.15, 0.2) is 0 Å². The molecule has 0 bridgehead atoms. The number of amides is 2. The molecule has 0 aliphatic carbocycles. The highest BCUT2D eigenvalue weighted by Gasteiger charge is 2.22. The first-order valence-electron chi connectivity index (χ1n) is 10.4. The Morgan fingerprint density at radius 3 is 2.35 bits per heavy atom. The van der Waals surface area contributed by atoms with Crippen molar-refractivity contribution in [2.75, 3.05) is 46.9 Å². The molecule has 31 heavy (non-hydrogen) atoms. The lowest BCUT2D eigenvalue weighted by Crippen LogP contribution is -2.38. The molecule has 2 heterocycles. The van der Waals surface area contributed by atoms with Crippen LogP contribution in [0.15, 0.2) is 36.7 Å². The van der Waals surface area contributed by atoms with Gasteiger partial charge in [0.2, 0.25) is 0 Å². The van der Waals surface area contributed by atoms with Crippen LogP contribution in [0.4, 0.5) is 4.79 Å². The zero-order valence-corrected chi connectivity index (χ0v) is 18.0. The van der Waals surface area contributed by atoms with E-state index in [-0.39, 0.29) is 5.91 Å². The Labute approximate surface area is 182 Å². The number of aromatic nitrogens is 2. The molecule has 2 aromatic rings. The summed E-state index contributed by atoms with van der Waals surface area (Å²) in [5.74, 6) is 0.206. The molecule has 2 amide bonds. The maximum atomic E-state index is 12.2. The van der Waals surface area contributed by atoms with Gasteiger partial charge in [-0.3, -0.25) is 4.79 Å². The third-order valence-electron chi connectivity index (χ3n) is 5.29. The normalized spacial score (nSPS) is 14.5. The minimum Gasteiger partial charge on any atom is -0.465 e. The van der Waals surface area contributed by atoms with E-state index in [1.54, 1.807) is 24.5 Å². The summed E-state index contributed by atoms with van der Waals surface area (Å²) in [6, 6.07) is 7.62. The van der Waals surface area contributed by atoms with E-state index in [0.717, 1.165) is 30.5 Å². The van der Waals surface area contributed by atoms with Gasteiger partial charge in [-0.1, -0.05) is 12.1 Å². The SMILES string of the molecule is CN(C)CCNC(=O)c1ccc(-c2cnc(OCC3CCN(C(=O)O)CC3)nc2)cc1. The van der Waals surface area contributed by atoms with Crippen molar-refractivity contribution >= 4 is 12.0 Å². The van der Waals surface area contributed by atoms with Crippen molar-refractivity contribution in [3.05, 3.63) is 42.2 Å². The van der Waals surface area contributed by atoms with E-state index in [1.807, 2.05) is 31.1 Å².